The summed E-state index contributed by atoms with van der Waals surface area (Å²) < 4.78 is 6.65. The minimum absolute atomic E-state index is 0.220. The third-order valence-electron chi connectivity index (χ3n) is 3.62. The van der Waals surface area contributed by atoms with Gasteiger partial charge in [0, 0.05) is 5.56 Å². The number of carbonyl (C=O) groups excluding carboxylic acids is 1. The lowest BCUT2D eigenvalue weighted by molar-refractivity contribution is 0.0977. The second kappa shape index (κ2) is 8.73. The van der Waals surface area contributed by atoms with Crippen LogP contribution < -0.4 is 15.4 Å². The molecule has 0 fully saturated rings. The van der Waals surface area contributed by atoms with E-state index in [2.05, 4.69) is 22.5 Å². The van der Waals surface area contributed by atoms with Crippen LogP contribution in [0, 0.1) is 0 Å². The Balaban J connectivity index is 1.55. The summed E-state index contributed by atoms with van der Waals surface area (Å²) in [5, 5.41) is 6.50. The van der Waals surface area contributed by atoms with E-state index in [1.165, 1.54) is 11.3 Å². The van der Waals surface area contributed by atoms with Gasteiger partial charge >= 0.3 is 0 Å². The van der Waals surface area contributed by atoms with Crippen molar-refractivity contribution in [2.24, 2.45) is 0 Å². The molecule has 0 saturated heterocycles. The van der Waals surface area contributed by atoms with E-state index in [9.17, 15) is 4.79 Å². The first-order valence-corrected chi connectivity index (χ1v) is 9.59. The number of carbonyl (C=O) groups is 1. The lowest BCUT2D eigenvalue weighted by atomic mass is 10.2. The maximum Gasteiger partial charge on any atom is 0.257 e. The van der Waals surface area contributed by atoms with Gasteiger partial charge in [0.05, 0.1) is 16.8 Å². The molecule has 2 N–H and O–H groups in total. The van der Waals surface area contributed by atoms with Gasteiger partial charge in [-0.25, -0.2) is 4.98 Å². The van der Waals surface area contributed by atoms with Crippen molar-refractivity contribution in [3.8, 4) is 5.75 Å². The minimum atomic E-state index is -0.274. The van der Waals surface area contributed by atoms with E-state index in [1.807, 2.05) is 24.3 Å². The van der Waals surface area contributed by atoms with Crippen molar-refractivity contribution in [2.75, 3.05) is 11.9 Å². The number of para-hydroxylation sites is 1. The zero-order valence-electron chi connectivity index (χ0n) is 14.3. The molecular weight excluding hydrogens is 366 g/mol. The second-order valence-electron chi connectivity index (χ2n) is 5.62. The van der Waals surface area contributed by atoms with E-state index in [-0.39, 0.29) is 11.0 Å². The molecule has 2 aromatic carbocycles. The van der Waals surface area contributed by atoms with Crippen molar-refractivity contribution in [3.05, 3.63) is 54.1 Å². The number of hydrogen-bond donors (Lipinski definition) is 2. The van der Waals surface area contributed by atoms with Crippen LogP contribution >= 0.6 is 23.6 Å². The Morgan fingerprint density at radius 3 is 2.69 bits per heavy atom. The highest BCUT2D eigenvalue weighted by molar-refractivity contribution is 7.80. The van der Waals surface area contributed by atoms with Crippen LogP contribution in [-0.4, -0.2) is 22.6 Å². The number of fused-ring (bicyclic) bond motifs is 1. The Labute approximate surface area is 161 Å². The van der Waals surface area contributed by atoms with Gasteiger partial charge in [0.1, 0.15) is 5.75 Å². The molecule has 0 aliphatic rings. The summed E-state index contributed by atoms with van der Waals surface area (Å²) in [7, 11) is 0. The molecule has 1 amide bonds. The van der Waals surface area contributed by atoms with Gasteiger partial charge in [0.25, 0.3) is 5.91 Å². The van der Waals surface area contributed by atoms with Crippen LogP contribution in [-0.2, 0) is 0 Å². The van der Waals surface area contributed by atoms with E-state index < -0.39 is 0 Å². The highest BCUT2D eigenvalue weighted by Crippen LogP contribution is 2.25. The maximum atomic E-state index is 12.3. The van der Waals surface area contributed by atoms with Crippen LogP contribution in [0.4, 0.5) is 5.13 Å². The zero-order valence-corrected chi connectivity index (χ0v) is 16.0. The fraction of sp³-hybridized carbons (Fsp3) is 0.211. The number of ether oxygens (including phenoxy) is 1. The molecule has 0 spiro atoms. The predicted molar refractivity (Wildman–Crippen MR) is 110 cm³/mol. The molecule has 1 heterocycles. The number of nitrogens with zero attached hydrogens (tertiary/aromatic N) is 1. The average molecular weight is 386 g/mol. The molecule has 0 bridgehead atoms. The Kier molecular flexibility index (Phi) is 6.14. The molecule has 3 rings (SSSR count). The Hall–Kier alpha value is -2.51. The second-order valence-corrected chi connectivity index (χ2v) is 7.06. The molecule has 1 aromatic heterocycles. The van der Waals surface area contributed by atoms with Gasteiger partial charge in [0.15, 0.2) is 10.2 Å². The Bertz CT molecular complexity index is 874. The third-order valence-corrected chi connectivity index (χ3v) is 4.78. The molecule has 134 valence electrons. The first kappa shape index (κ1) is 18.3. The number of rotatable bonds is 6. The highest BCUT2D eigenvalue weighted by Gasteiger charge is 2.10. The van der Waals surface area contributed by atoms with E-state index in [0.717, 1.165) is 28.8 Å². The average Bonchev–Trinajstić information content (AvgIpc) is 3.04. The van der Waals surface area contributed by atoms with Crippen LogP contribution in [0.25, 0.3) is 10.2 Å². The standard InChI is InChI=1S/C19H19N3O2S2/c1-2-3-12-24-14-10-8-13(9-11-14)17(23)21-18(25)22-19-20-15-6-4-5-7-16(15)26-19/h4-11H,2-3,12H2,1H3,(H2,20,21,22,23,25). The summed E-state index contributed by atoms with van der Waals surface area (Å²) in [6, 6.07) is 14.8. The van der Waals surface area contributed by atoms with Crippen LogP contribution in [0.3, 0.4) is 0 Å². The lowest BCUT2D eigenvalue weighted by Gasteiger charge is -2.08. The van der Waals surface area contributed by atoms with Crippen molar-refractivity contribution in [3.63, 3.8) is 0 Å². The summed E-state index contributed by atoms with van der Waals surface area (Å²) in [6.45, 7) is 2.79. The smallest absolute Gasteiger partial charge is 0.257 e. The fourth-order valence-corrected chi connectivity index (χ4v) is 3.39. The summed E-state index contributed by atoms with van der Waals surface area (Å²) in [4.78, 5) is 16.7. The van der Waals surface area contributed by atoms with Gasteiger partial charge in [0.2, 0.25) is 0 Å². The fourth-order valence-electron chi connectivity index (χ4n) is 2.27. The van der Waals surface area contributed by atoms with Crippen molar-refractivity contribution in [1.29, 1.82) is 0 Å². The quantitative estimate of drug-likeness (QED) is 0.479. The minimum Gasteiger partial charge on any atom is -0.494 e. The van der Waals surface area contributed by atoms with Crippen LogP contribution in [0.5, 0.6) is 5.75 Å². The number of thiazole rings is 1. The summed E-state index contributed by atoms with van der Waals surface area (Å²) in [6.07, 6.45) is 2.09. The van der Waals surface area contributed by atoms with Crippen LogP contribution in [0.2, 0.25) is 0 Å². The van der Waals surface area contributed by atoms with E-state index in [1.54, 1.807) is 24.3 Å². The number of hydrogen-bond acceptors (Lipinski definition) is 5. The number of amides is 1. The first-order chi connectivity index (χ1) is 12.7. The number of aromatic nitrogens is 1. The summed E-state index contributed by atoms with van der Waals surface area (Å²) >= 11 is 6.69. The molecule has 3 aromatic rings. The molecule has 0 unspecified atom stereocenters. The van der Waals surface area contributed by atoms with Crippen molar-refractivity contribution in [2.45, 2.75) is 19.8 Å². The normalized spacial score (nSPS) is 10.5. The molecule has 0 aliphatic heterocycles. The first-order valence-electron chi connectivity index (χ1n) is 8.36. The number of thiocarbonyl (C=S) groups is 1. The van der Waals surface area contributed by atoms with Gasteiger partial charge in [-0.1, -0.05) is 36.8 Å². The zero-order chi connectivity index (χ0) is 18.4. The Morgan fingerprint density at radius 1 is 1.19 bits per heavy atom. The largest absolute Gasteiger partial charge is 0.494 e. The van der Waals surface area contributed by atoms with Crippen molar-refractivity contribution >= 4 is 49.9 Å². The topological polar surface area (TPSA) is 63.2 Å². The number of unbranched alkanes of at least 4 members (excludes halogenated alkanes) is 1. The van der Waals surface area contributed by atoms with Crippen molar-refractivity contribution in [1.82, 2.24) is 10.3 Å². The molecule has 0 saturated carbocycles. The molecule has 5 nitrogen and oxygen atoms in total. The summed E-state index contributed by atoms with van der Waals surface area (Å²) in [5.74, 6) is 0.480. The Morgan fingerprint density at radius 2 is 1.96 bits per heavy atom. The highest BCUT2D eigenvalue weighted by atomic mass is 32.1. The molecule has 0 aliphatic carbocycles. The number of anilines is 1. The van der Waals surface area contributed by atoms with E-state index in [0.29, 0.717) is 17.3 Å². The number of nitrogens with one attached hydrogen (secondary N) is 2. The van der Waals surface area contributed by atoms with Gasteiger partial charge in [-0.05, 0) is 55.0 Å². The van der Waals surface area contributed by atoms with Crippen molar-refractivity contribution < 1.29 is 9.53 Å². The van der Waals surface area contributed by atoms with Crippen LogP contribution in [0.15, 0.2) is 48.5 Å². The third kappa shape index (κ3) is 4.77. The molecule has 0 atom stereocenters. The predicted octanol–water partition coefficient (Wildman–Crippen LogP) is 4.60. The van der Waals surface area contributed by atoms with Gasteiger partial charge < -0.3 is 10.1 Å². The van der Waals surface area contributed by atoms with E-state index >= 15 is 0 Å². The van der Waals surface area contributed by atoms with Crippen LogP contribution in [0.1, 0.15) is 30.1 Å². The van der Waals surface area contributed by atoms with Gasteiger partial charge in [-0.3, -0.25) is 10.1 Å². The molecule has 7 heteroatoms. The lowest BCUT2D eigenvalue weighted by Crippen LogP contribution is -2.34. The molecule has 26 heavy (non-hydrogen) atoms. The monoisotopic (exact) mass is 385 g/mol. The van der Waals surface area contributed by atoms with Gasteiger partial charge in [-0.2, -0.15) is 0 Å². The van der Waals surface area contributed by atoms with E-state index in [4.69, 9.17) is 17.0 Å². The SMILES string of the molecule is CCCCOc1ccc(C(=O)NC(=S)Nc2nc3ccccc3s2)cc1. The molecule has 0 radical (unpaired) electrons. The maximum absolute atomic E-state index is 12.3. The summed E-state index contributed by atoms with van der Waals surface area (Å²) in [5.41, 5.74) is 1.41. The molecular formula is C19H19N3O2S2. The number of benzene rings is 2. The van der Waals surface area contributed by atoms with Gasteiger partial charge in [-0.15, -0.1) is 0 Å².